The first-order chi connectivity index (χ1) is 18.2. The smallest absolute Gasteiger partial charge is 0.306 e. The van der Waals surface area contributed by atoms with E-state index in [-0.39, 0.29) is 18.3 Å². The number of benzene rings is 2. The van der Waals surface area contributed by atoms with Crippen LogP contribution in [0.4, 0.5) is 0 Å². The lowest BCUT2D eigenvalue weighted by atomic mass is 9.98. The van der Waals surface area contributed by atoms with Gasteiger partial charge in [-0.2, -0.15) is 0 Å². The maximum absolute atomic E-state index is 11.3. The van der Waals surface area contributed by atoms with E-state index >= 15 is 0 Å². The molecule has 2 aromatic carbocycles. The fraction of sp³-hybridized carbons (Fsp3) is 0.379. The number of pyridine rings is 1. The molecule has 202 valence electrons. The second-order valence-electron chi connectivity index (χ2n) is 9.35. The van der Waals surface area contributed by atoms with E-state index in [1.54, 1.807) is 12.3 Å². The van der Waals surface area contributed by atoms with Crippen LogP contribution in [0.25, 0.3) is 11.1 Å². The summed E-state index contributed by atoms with van der Waals surface area (Å²) in [5.74, 6) is 0.382. The van der Waals surface area contributed by atoms with Crippen LogP contribution < -0.4 is 9.47 Å². The Morgan fingerprint density at radius 3 is 2.58 bits per heavy atom. The molecule has 0 saturated heterocycles. The molecule has 0 saturated carbocycles. The number of sulfone groups is 1. The monoisotopic (exact) mass is 539 g/mol. The Bertz CT molecular complexity index is 1340. The maximum atomic E-state index is 11.3. The predicted octanol–water partition coefficient (Wildman–Crippen LogP) is 5.18. The third-order valence-corrected chi connectivity index (χ3v) is 7.46. The number of carboxylic acids is 1. The minimum atomic E-state index is -3.00. The molecule has 1 heterocycles. The number of carbonyl (C=O) groups is 1. The summed E-state index contributed by atoms with van der Waals surface area (Å²) in [6.45, 7) is 2.58. The van der Waals surface area contributed by atoms with E-state index < -0.39 is 21.9 Å². The lowest BCUT2D eigenvalue weighted by Crippen LogP contribution is -2.10. The summed E-state index contributed by atoms with van der Waals surface area (Å²) in [7, 11) is -3.00. The van der Waals surface area contributed by atoms with Crippen molar-refractivity contribution in [2.45, 2.75) is 44.8 Å². The Morgan fingerprint density at radius 1 is 1.13 bits per heavy atom. The highest BCUT2D eigenvalue weighted by Crippen LogP contribution is 2.40. The molecule has 1 N–H and O–H groups in total. The summed E-state index contributed by atoms with van der Waals surface area (Å²) in [6.07, 6.45) is 4.49. The summed E-state index contributed by atoms with van der Waals surface area (Å²) in [5.41, 5.74) is 5.27. The van der Waals surface area contributed by atoms with Crippen molar-refractivity contribution in [3.63, 3.8) is 0 Å². The van der Waals surface area contributed by atoms with Crippen molar-refractivity contribution in [2.24, 2.45) is 0 Å². The van der Waals surface area contributed by atoms with Crippen LogP contribution in [0.15, 0.2) is 60.8 Å². The normalized spacial score (nSPS) is 15.6. The zero-order valence-corrected chi connectivity index (χ0v) is 22.4. The molecule has 8 nitrogen and oxygen atoms in total. The number of hydrogen-bond donors (Lipinski definition) is 1. The van der Waals surface area contributed by atoms with Crippen LogP contribution in [-0.2, 0) is 25.8 Å². The van der Waals surface area contributed by atoms with Gasteiger partial charge in [-0.15, -0.1) is 0 Å². The summed E-state index contributed by atoms with van der Waals surface area (Å²) in [4.78, 5) is 15.6. The second-order valence-corrected chi connectivity index (χ2v) is 11.6. The third-order valence-electron chi connectivity index (χ3n) is 6.43. The number of aliphatic carboxylic acids is 1. The first-order valence-electron chi connectivity index (χ1n) is 12.7. The highest BCUT2D eigenvalue weighted by molar-refractivity contribution is 7.90. The molecule has 1 aromatic heterocycles. The standard InChI is InChI=1S/C29H33NO7S/c1-3-35-27(18-29(31)32)20-8-11-22(12-9-20)37-26-14-13-24-23(6-4-7-25(24)26)21-10-15-28(30-19-21)36-16-5-17-38(2,33)34/h4,6-12,15,19,26-27H,3,5,13-14,16-18H2,1-2H3,(H,31,32)/t26-,27+/m1/s1. The van der Waals surface area contributed by atoms with Crippen molar-refractivity contribution < 1.29 is 32.5 Å². The van der Waals surface area contributed by atoms with Gasteiger partial charge in [0.15, 0.2) is 0 Å². The van der Waals surface area contributed by atoms with Crippen molar-refractivity contribution >= 4 is 15.8 Å². The SMILES string of the molecule is CCO[C@@H](CC(=O)O)c1ccc(O[C@@H]2CCc3c(-c4ccc(OCCCS(C)(=O)=O)nc4)cccc32)cc1. The van der Waals surface area contributed by atoms with Crippen LogP contribution in [0.3, 0.4) is 0 Å². The molecule has 0 unspecified atom stereocenters. The van der Waals surface area contributed by atoms with E-state index in [4.69, 9.17) is 19.3 Å². The average Bonchev–Trinajstić information content (AvgIpc) is 3.29. The first-order valence-corrected chi connectivity index (χ1v) is 14.8. The van der Waals surface area contributed by atoms with E-state index in [1.807, 2.05) is 43.3 Å². The molecule has 0 spiro atoms. The quantitative estimate of drug-likeness (QED) is 0.296. The van der Waals surface area contributed by atoms with Gasteiger partial charge in [-0.05, 0) is 66.6 Å². The zero-order chi connectivity index (χ0) is 27.1. The topological polar surface area (TPSA) is 112 Å². The van der Waals surface area contributed by atoms with E-state index in [0.717, 1.165) is 40.8 Å². The molecular weight excluding hydrogens is 506 g/mol. The lowest BCUT2D eigenvalue weighted by molar-refractivity contribution is -0.140. The van der Waals surface area contributed by atoms with Crippen molar-refractivity contribution in [2.75, 3.05) is 25.2 Å². The fourth-order valence-corrected chi connectivity index (χ4v) is 5.33. The number of ether oxygens (including phenoxy) is 3. The molecule has 38 heavy (non-hydrogen) atoms. The molecule has 0 amide bonds. The number of hydrogen-bond acceptors (Lipinski definition) is 7. The molecule has 0 radical (unpaired) electrons. The molecule has 4 rings (SSSR count). The van der Waals surface area contributed by atoms with Gasteiger partial charge in [-0.1, -0.05) is 30.3 Å². The molecule has 9 heteroatoms. The molecule has 1 aliphatic rings. The van der Waals surface area contributed by atoms with Crippen LogP contribution in [0.1, 0.15) is 55.1 Å². The fourth-order valence-electron chi connectivity index (χ4n) is 4.69. The summed E-state index contributed by atoms with van der Waals surface area (Å²) in [5, 5.41) is 9.16. The van der Waals surface area contributed by atoms with Crippen molar-refractivity contribution in [3.8, 4) is 22.8 Å². The summed E-state index contributed by atoms with van der Waals surface area (Å²) < 4.78 is 40.0. The molecule has 2 atom stereocenters. The minimum Gasteiger partial charge on any atom is -0.486 e. The number of rotatable bonds is 13. The van der Waals surface area contributed by atoms with Crippen molar-refractivity contribution in [1.29, 1.82) is 0 Å². The second kappa shape index (κ2) is 12.4. The van der Waals surface area contributed by atoms with E-state index in [0.29, 0.717) is 25.5 Å². The van der Waals surface area contributed by atoms with Crippen LogP contribution in [0.5, 0.6) is 11.6 Å². The summed E-state index contributed by atoms with van der Waals surface area (Å²) in [6, 6.07) is 17.4. The van der Waals surface area contributed by atoms with E-state index in [2.05, 4.69) is 17.1 Å². The molecule has 0 bridgehead atoms. The van der Waals surface area contributed by atoms with Gasteiger partial charge in [0.1, 0.15) is 21.7 Å². The van der Waals surface area contributed by atoms with E-state index in [9.17, 15) is 13.2 Å². The Morgan fingerprint density at radius 2 is 1.92 bits per heavy atom. The van der Waals surface area contributed by atoms with Crippen LogP contribution in [0.2, 0.25) is 0 Å². The zero-order valence-electron chi connectivity index (χ0n) is 21.6. The lowest BCUT2D eigenvalue weighted by Gasteiger charge is -2.18. The average molecular weight is 540 g/mol. The van der Waals surface area contributed by atoms with Gasteiger partial charge in [-0.25, -0.2) is 13.4 Å². The van der Waals surface area contributed by atoms with Gasteiger partial charge in [0, 0.05) is 30.7 Å². The van der Waals surface area contributed by atoms with Gasteiger partial charge < -0.3 is 19.3 Å². The van der Waals surface area contributed by atoms with Gasteiger partial charge in [0.05, 0.1) is 24.9 Å². The van der Waals surface area contributed by atoms with Gasteiger partial charge in [0.25, 0.3) is 0 Å². The van der Waals surface area contributed by atoms with Crippen molar-refractivity contribution in [1.82, 2.24) is 4.98 Å². The minimum absolute atomic E-state index is 0.0806. The Hall–Kier alpha value is -3.43. The highest BCUT2D eigenvalue weighted by atomic mass is 32.2. The largest absolute Gasteiger partial charge is 0.486 e. The molecule has 1 aliphatic carbocycles. The first kappa shape index (κ1) is 27.6. The Labute approximate surface area is 223 Å². The molecular formula is C29H33NO7S. The Kier molecular flexibility index (Phi) is 9.01. The van der Waals surface area contributed by atoms with Gasteiger partial charge >= 0.3 is 5.97 Å². The molecule has 0 fully saturated rings. The van der Waals surface area contributed by atoms with Crippen LogP contribution in [0, 0.1) is 0 Å². The van der Waals surface area contributed by atoms with Crippen LogP contribution >= 0.6 is 0 Å². The number of carboxylic acid groups (broad SMARTS) is 1. The maximum Gasteiger partial charge on any atom is 0.306 e. The Balaban J connectivity index is 1.42. The number of fused-ring (bicyclic) bond motifs is 1. The predicted molar refractivity (Wildman–Crippen MR) is 144 cm³/mol. The summed E-state index contributed by atoms with van der Waals surface area (Å²) >= 11 is 0. The van der Waals surface area contributed by atoms with Crippen molar-refractivity contribution in [3.05, 3.63) is 77.5 Å². The van der Waals surface area contributed by atoms with Crippen LogP contribution in [-0.4, -0.2) is 49.7 Å². The van der Waals surface area contributed by atoms with Gasteiger partial charge in [-0.3, -0.25) is 4.79 Å². The highest BCUT2D eigenvalue weighted by Gasteiger charge is 2.27. The van der Waals surface area contributed by atoms with Gasteiger partial charge in [0.2, 0.25) is 5.88 Å². The molecule has 3 aromatic rings. The third kappa shape index (κ3) is 7.33. The number of nitrogens with zero attached hydrogens (tertiary/aromatic N) is 1. The number of aromatic nitrogens is 1. The van der Waals surface area contributed by atoms with E-state index in [1.165, 1.54) is 11.8 Å². The molecule has 0 aliphatic heterocycles.